The molecule has 0 aliphatic heterocycles. The number of fused-ring (bicyclic) bond motifs is 5. The highest BCUT2D eigenvalue weighted by molar-refractivity contribution is 6.00. The van der Waals surface area contributed by atoms with Crippen molar-refractivity contribution in [1.82, 2.24) is 0 Å². The molecule has 0 amide bonds. The van der Waals surface area contributed by atoms with Gasteiger partial charge in [-0.15, -0.1) is 0 Å². The minimum Gasteiger partial charge on any atom is -0.497 e. The average molecular weight is 457 g/mol. The van der Waals surface area contributed by atoms with Crippen LogP contribution >= 0.6 is 0 Å². The molecule has 33 heavy (non-hydrogen) atoms. The Morgan fingerprint density at radius 3 is 2.24 bits per heavy atom. The summed E-state index contributed by atoms with van der Waals surface area (Å²) in [5.41, 5.74) is 1.65. The average Bonchev–Trinajstić information content (AvgIpc) is 2.81. The van der Waals surface area contributed by atoms with E-state index in [4.69, 9.17) is 18.9 Å². The molecule has 2 fully saturated rings. The van der Waals surface area contributed by atoms with Gasteiger partial charge in [0.05, 0.1) is 28.4 Å². The third-order valence-electron chi connectivity index (χ3n) is 9.11. The predicted octanol–water partition coefficient (Wildman–Crippen LogP) is 4.62. The predicted molar refractivity (Wildman–Crippen MR) is 124 cm³/mol. The molecule has 0 spiro atoms. The zero-order chi connectivity index (χ0) is 24.2. The van der Waals surface area contributed by atoms with E-state index in [1.54, 1.807) is 14.2 Å². The molecule has 6 heteroatoms. The first-order valence-corrected chi connectivity index (χ1v) is 11.7. The van der Waals surface area contributed by atoms with E-state index in [0.717, 1.165) is 42.8 Å². The molecule has 1 aromatic carbocycles. The van der Waals surface area contributed by atoms with E-state index in [1.807, 2.05) is 6.07 Å². The molecule has 4 rings (SSSR count). The van der Waals surface area contributed by atoms with Gasteiger partial charge < -0.3 is 18.9 Å². The third kappa shape index (κ3) is 3.20. The number of ether oxygens (including phenoxy) is 4. The number of hydrogen-bond donors (Lipinski definition) is 0. The van der Waals surface area contributed by atoms with Gasteiger partial charge in [-0.1, -0.05) is 26.0 Å². The molecule has 0 aromatic heterocycles. The fourth-order valence-corrected chi connectivity index (χ4v) is 7.77. The molecule has 2 saturated carbocycles. The lowest BCUT2D eigenvalue weighted by Gasteiger charge is -2.62. The number of carbonyl (C=O) groups is 2. The molecular weight excluding hydrogens is 420 g/mol. The number of benzene rings is 1. The van der Waals surface area contributed by atoms with Crippen LogP contribution in [-0.4, -0.2) is 40.4 Å². The quantitative estimate of drug-likeness (QED) is 0.374. The second kappa shape index (κ2) is 8.07. The number of methoxy groups -OCH3 is 4. The molecule has 1 aromatic rings. The van der Waals surface area contributed by atoms with Crippen LogP contribution in [0, 0.1) is 22.7 Å². The van der Waals surface area contributed by atoms with Crippen LogP contribution in [0.5, 0.6) is 11.5 Å². The van der Waals surface area contributed by atoms with Crippen LogP contribution in [0.3, 0.4) is 0 Å². The topological polar surface area (TPSA) is 71.1 Å². The summed E-state index contributed by atoms with van der Waals surface area (Å²) in [6.07, 6.45) is 4.48. The number of carbonyl (C=O) groups excluding carboxylic acids is 2. The molecule has 6 nitrogen and oxygen atoms in total. The van der Waals surface area contributed by atoms with E-state index >= 15 is 0 Å². The standard InChI is InChI=1S/C27H36O6/c1-16-14-27(23(28)32-6,24(29)33-7)15-26(3)19(16)10-11-25(2)20-12-17(30-4)13-21(31-5)18(20)8-9-22(25)26/h12-13,19,22H,1,8-11,14-15H2,2-7H3/t19-,22-,25-,26-/m1/s1. The molecule has 0 saturated heterocycles. The Bertz CT molecular complexity index is 981. The Kier molecular flexibility index (Phi) is 5.78. The molecule has 0 N–H and O–H groups in total. The van der Waals surface area contributed by atoms with Crippen molar-refractivity contribution in [1.29, 1.82) is 0 Å². The highest BCUT2D eigenvalue weighted by Gasteiger charge is 2.65. The third-order valence-corrected chi connectivity index (χ3v) is 9.11. The van der Waals surface area contributed by atoms with Gasteiger partial charge >= 0.3 is 11.9 Å². The molecule has 0 heterocycles. The second-order valence-electron chi connectivity index (χ2n) is 10.5. The Morgan fingerprint density at radius 1 is 1.00 bits per heavy atom. The summed E-state index contributed by atoms with van der Waals surface area (Å²) >= 11 is 0. The van der Waals surface area contributed by atoms with Crippen LogP contribution in [0.1, 0.15) is 57.1 Å². The van der Waals surface area contributed by atoms with Gasteiger partial charge in [-0.25, -0.2) is 0 Å². The fourth-order valence-electron chi connectivity index (χ4n) is 7.77. The normalized spacial score (nSPS) is 32.0. The highest BCUT2D eigenvalue weighted by Crippen LogP contribution is 2.67. The van der Waals surface area contributed by atoms with Crippen molar-refractivity contribution in [2.45, 2.75) is 57.8 Å². The van der Waals surface area contributed by atoms with E-state index in [9.17, 15) is 9.59 Å². The van der Waals surface area contributed by atoms with Crippen LogP contribution < -0.4 is 9.47 Å². The summed E-state index contributed by atoms with van der Waals surface area (Å²) in [6.45, 7) is 8.94. The molecular formula is C27H36O6. The van der Waals surface area contributed by atoms with Crippen LogP contribution in [0.15, 0.2) is 24.3 Å². The maximum atomic E-state index is 13.1. The highest BCUT2D eigenvalue weighted by atomic mass is 16.5. The minimum absolute atomic E-state index is 0.143. The van der Waals surface area contributed by atoms with E-state index < -0.39 is 17.4 Å². The first-order valence-electron chi connectivity index (χ1n) is 11.7. The summed E-state index contributed by atoms with van der Waals surface area (Å²) in [5, 5.41) is 0. The Morgan fingerprint density at radius 2 is 1.67 bits per heavy atom. The van der Waals surface area contributed by atoms with Crippen LogP contribution in [-0.2, 0) is 30.9 Å². The van der Waals surface area contributed by atoms with Crippen molar-refractivity contribution >= 4 is 11.9 Å². The number of rotatable bonds is 4. The second-order valence-corrected chi connectivity index (χ2v) is 10.5. The Hall–Kier alpha value is -2.50. The van der Waals surface area contributed by atoms with Crippen LogP contribution in [0.4, 0.5) is 0 Å². The summed E-state index contributed by atoms with van der Waals surface area (Å²) in [6, 6.07) is 4.11. The molecule has 0 radical (unpaired) electrons. The molecule has 0 unspecified atom stereocenters. The maximum Gasteiger partial charge on any atom is 0.323 e. The van der Waals surface area contributed by atoms with Crippen molar-refractivity contribution in [2.24, 2.45) is 22.7 Å². The van der Waals surface area contributed by atoms with Gasteiger partial charge in [-0.2, -0.15) is 0 Å². The maximum absolute atomic E-state index is 13.1. The van der Waals surface area contributed by atoms with Gasteiger partial charge in [0.25, 0.3) is 0 Å². The Balaban J connectivity index is 1.86. The largest absolute Gasteiger partial charge is 0.497 e. The molecule has 180 valence electrons. The van der Waals surface area contributed by atoms with Crippen molar-refractivity contribution < 1.29 is 28.5 Å². The molecule has 0 bridgehead atoms. The molecule has 3 aliphatic rings. The number of allylic oxidation sites excluding steroid dienone is 1. The monoisotopic (exact) mass is 456 g/mol. The molecule has 4 atom stereocenters. The first kappa shape index (κ1) is 23.7. The zero-order valence-electron chi connectivity index (χ0n) is 20.7. The molecule has 3 aliphatic carbocycles. The lowest BCUT2D eigenvalue weighted by atomic mass is 9.41. The lowest BCUT2D eigenvalue weighted by molar-refractivity contribution is -0.179. The smallest absolute Gasteiger partial charge is 0.323 e. The van der Waals surface area contributed by atoms with Crippen molar-refractivity contribution in [3.05, 3.63) is 35.4 Å². The SMILES string of the molecule is C=C1CC(C(=O)OC)(C(=O)OC)C[C@]2(C)[C@@H]1CC[C@]1(C)c3cc(OC)cc(OC)c3CC[C@@H]21. The van der Waals surface area contributed by atoms with Gasteiger partial charge in [-0.05, 0) is 78.4 Å². The number of hydrogen-bond acceptors (Lipinski definition) is 6. The van der Waals surface area contributed by atoms with Gasteiger partial charge in [0, 0.05) is 6.07 Å². The summed E-state index contributed by atoms with van der Waals surface area (Å²) in [4.78, 5) is 26.1. The van der Waals surface area contributed by atoms with Gasteiger partial charge in [0.2, 0.25) is 0 Å². The Labute approximate surface area is 196 Å². The van der Waals surface area contributed by atoms with Crippen LogP contribution in [0.25, 0.3) is 0 Å². The minimum atomic E-state index is -1.35. The lowest BCUT2D eigenvalue weighted by Crippen LogP contribution is -2.60. The van der Waals surface area contributed by atoms with Gasteiger partial charge in [-0.3, -0.25) is 9.59 Å². The van der Waals surface area contributed by atoms with E-state index in [2.05, 4.69) is 26.5 Å². The van der Waals surface area contributed by atoms with Crippen LogP contribution in [0.2, 0.25) is 0 Å². The van der Waals surface area contributed by atoms with Crippen molar-refractivity contribution in [3.8, 4) is 11.5 Å². The van der Waals surface area contributed by atoms with E-state index in [1.165, 1.54) is 25.3 Å². The summed E-state index contributed by atoms with van der Waals surface area (Å²) in [7, 11) is 6.05. The summed E-state index contributed by atoms with van der Waals surface area (Å²) in [5.74, 6) is 1.09. The number of esters is 2. The fraction of sp³-hybridized carbons (Fsp3) is 0.630. The summed E-state index contributed by atoms with van der Waals surface area (Å²) < 4.78 is 21.6. The van der Waals surface area contributed by atoms with Gasteiger partial charge in [0.15, 0.2) is 5.41 Å². The van der Waals surface area contributed by atoms with E-state index in [0.29, 0.717) is 6.42 Å². The van der Waals surface area contributed by atoms with Crippen molar-refractivity contribution in [2.75, 3.05) is 28.4 Å². The zero-order valence-corrected chi connectivity index (χ0v) is 20.7. The van der Waals surface area contributed by atoms with E-state index in [-0.39, 0.29) is 29.1 Å². The first-order chi connectivity index (χ1) is 15.6. The van der Waals surface area contributed by atoms with Gasteiger partial charge in [0.1, 0.15) is 11.5 Å². The van der Waals surface area contributed by atoms with Crippen molar-refractivity contribution in [3.63, 3.8) is 0 Å².